The molecule has 2 aromatic rings. The monoisotopic (exact) mass is 274 g/mol. The molecule has 0 bridgehead atoms. The summed E-state index contributed by atoms with van der Waals surface area (Å²) in [6, 6.07) is 7.10. The Hall–Kier alpha value is -1.81. The van der Waals surface area contributed by atoms with Crippen molar-refractivity contribution in [1.29, 1.82) is 0 Å². The first-order chi connectivity index (χ1) is 9.65. The molecule has 0 aliphatic rings. The second kappa shape index (κ2) is 6.57. The van der Waals surface area contributed by atoms with Gasteiger partial charge in [-0.1, -0.05) is 32.8 Å². The molecule has 0 saturated heterocycles. The Bertz CT molecular complexity index is 567. The number of nitrogens with one attached hydrogen (secondary N) is 1. The Morgan fingerprint density at radius 2 is 1.95 bits per heavy atom. The number of phenols is 1. The molecule has 4 nitrogen and oxygen atoms in total. The third-order valence-corrected chi connectivity index (χ3v) is 3.82. The standard InChI is InChI=1S/C16H22N2O2/c1-3-11(4-2)15(20)10-18-16-14-9-13(19)6-5-12(14)7-8-17-16/h5-9,11,15,19-20H,3-4,10H2,1-2H3,(H,17,18). The molecular weight excluding hydrogens is 252 g/mol. The summed E-state index contributed by atoms with van der Waals surface area (Å²) in [7, 11) is 0. The number of benzene rings is 1. The second-order valence-electron chi connectivity index (χ2n) is 5.09. The van der Waals surface area contributed by atoms with Crippen LogP contribution in [0.5, 0.6) is 5.75 Å². The zero-order valence-electron chi connectivity index (χ0n) is 12.0. The Kier molecular flexibility index (Phi) is 4.79. The normalized spacial score (nSPS) is 12.8. The van der Waals surface area contributed by atoms with Crippen LogP contribution in [-0.4, -0.2) is 27.8 Å². The van der Waals surface area contributed by atoms with Crippen LogP contribution < -0.4 is 5.32 Å². The number of aliphatic hydroxyl groups is 1. The first kappa shape index (κ1) is 14.6. The second-order valence-corrected chi connectivity index (χ2v) is 5.09. The number of phenolic OH excluding ortho intramolecular Hbond substituents is 1. The number of fused-ring (bicyclic) bond motifs is 1. The van der Waals surface area contributed by atoms with Gasteiger partial charge in [-0.3, -0.25) is 0 Å². The molecule has 1 heterocycles. The van der Waals surface area contributed by atoms with E-state index in [-0.39, 0.29) is 11.9 Å². The summed E-state index contributed by atoms with van der Waals surface area (Å²) in [4.78, 5) is 4.30. The van der Waals surface area contributed by atoms with Crippen LogP contribution in [0.2, 0.25) is 0 Å². The van der Waals surface area contributed by atoms with Crippen molar-refractivity contribution in [2.75, 3.05) is 11.9 Å². The highest BCUT2D eigenvalue weighted by Gasteiger charge is 2.15. The van der Waals surface area contributed by atoms with E-state index in [1.54, 1.807) is 18.3 Å². The largest absolute Gasteiger partial charge is 0.508 e. The van der Waals surface area contributed by atoms with Crippen molar-refractivity contribution in [1.82, 2.24) is 4.98 Å². The van der Waals surface area contributed by atoms with E-state index >= 15 is 0 Å². The summed E-state index contributed by atoms with van der Waals surface area (Å²) in [5.41, 5.74) is 0. The Labute approximate surface area is 119 Å². The van der Waals surface area contributed by atoms with Crippen molar-refractivity contribution in [3.63, 3.8) is 0 Å². The van der Waals surface area contributed by atoms with Gasteiger partial charge in [-0.15, -0.1) is 0 Å². The van der Waals surface area contributed by atoms with Crippen molar-refractivity contribution in [3.8, 4) is 5.75 Å². The lowest BCUT2D eigenvalue weighted by molar-refractivity contribution is 0.114. The third-order valence-electron chi connectivity index (χ3n) is 3.82. The Balaban J connectivity index is 2.15. The van der Waals surface area contributed by atoms with Crippen LogP contribution in [0.25, 0.3) is 10.8 Å². The number of aliphatic hydroxyl groups excluding tert-OH is 1. The van der Waals surface area contributed by atoms with E-state index in [2.05, 4.69) is 24.1 Å². The maximum Gasteiger partial charge on any atom is 0.134 e. The maximum atomic E-state index is 10.2. The molecule has 0 spiro atoms. The number of anilines is 1. The molecular formula is C16H22N2O2. The molecule has 0 saturated carbocycles. The molecule has 20 heavy (non-hydrogen) atoms. The highest BCUT2D eigenvalue weighted by atomic mass is 16.3. The minimum atomic E-state index is -0.389. The van der Waals surface area contributed by atoms with Crippen molar-refractivity contribution in [3.05, 3.63) is 30.5 Å². The van der Waals surface area contributed by atoms with Crippen LogP contribution in [0.3, 0.4) is 0 Å². The molecule has 0 fully saturated rings. The van der Waals surface area contributed by atoms with Crippen LogP contribution in [-0.2, 0) is 0 Å². The summed E-state index contributed by atoms with van der Waals surface area (Å²) >= 11 is 0. The van der Waals surface area contributed by atoms with Gasteiger partial charge in [0.05, 0.1) is 6.10 Å². The predicted octanol–water partition coefficient (Wildman–Crippen LogP) is 3.15. The van der Waals surface area contributed by atoms with E-state index in [1.807, 2.05) is 12.1 Å². The van der Waals surface area contributed by atoms with Gasteiger partial charge in [0.2, 0.25) is 0 Å². The minimum absolute atomic E-state index is 0.217. The lowest BCUT2D eigenvalue weighted by atomic mass is 9.96. The first-order valence-corrected chi connectivity index (χ1v) is 7.15. The number of aromatic hydroxyl groups is 1. The number of pyridine rings is 1. The number of nitrogens with zero attached hydrogens (tertiary/aromatic N) is 1. The number of rotatable bonds is 6. The molecule has 0 amide bonds. The zero-order chi connectivity index (χ0) is 14.5. The maximum absolute atomic E-state index is 10.2. The highest BCUT2D eigenvalue weighted by Crippen LogP contribution is 2.25. The Morgan fingerprint density at radius 1 is 1.20 bits per heavy atom. The highest BCUT2D eigenvalue weighted by molar-refractivity contribution is 5.92. The van der Waals surface area contributed by atoms with Crippen LogP contribution in [0.15, 0.2) is 30.5 Å². The van der Waals surface area contributed by atoms with Crippen LogP contribution in [0.4, 0.5) is 5.82 Å². The average Bonchev–Trinajstić information content (AvgIpc) is 2.46. The smallest absolute Gasteiger partial charge is 0.134 e. The summed E-state index contributed by atoms with van der Waals surface area (Å²) < 4.78 is 0. The number of hydrogen-bond acceptors (Lipinski definition) is 4. The third kappa shape index (κ3) is 3.20. The van der Waals surface area contributed by atoms with E-state index in [4.69, 9.17) is 0 Å². The summed E-state index contributed by atoms with van der Waals surface area (Å²) in [6.07, 6.45) is 3.26. The molecule has 0 aliphatic carbocycles. The molecule has 1 unspecified atom stereocenters. The topological polar surface area (TPSA) is 65.4 Å². The van der Waals surface area contributed by atoms with Crippen molar-refractivity contribution in [2.24, 2.45) is 5.92 Å². The average molecular weight is 274 g/mol. The molecule has 3 N–H and O–H groups in total. The molecule has 4 heteroatoms. The van der Waals surface area contributed by atoms with Crippen molar-refractivity contribution in [2.45, 2.75) is 32.8 Å². The molecule has 2 rings (SSSR count). The van der Waals surface area contributed by atoms with E-state index in [0.717, 1.165) is 23.6 Å². The van der Waals surface area contributed by atoms with Gasteiger partial charge in [-0.25, -0.2) is 4.98 Å². The molecule has 1 aromatic heterocycles. The van der Waals surface area contributed by atoms with Crippen molar-refractivity contribution < 1.29 is 10.2 Å². The predicted molar refractivity (Wildman–Crippen MR) is 82.0 cm³/mol. The molecule has 1 atom stereocenters. The lowest BCUT2D eigenvalue weighted by Gasteiger charge is -2.21. The first-order valence-electron chi connectivity index (χ1n) is 7.15. The fourth-order valence-electron chi connectivity index (χ4n) is 2.50. The van der Waals surface area contributed by atoms with Gasteiger partial charge in [0.1, 0.15) is 11.6 Å². The van der Waals surface area contributed by atoms with Crippen LogP contribution in [0.1, 0.15) is 26.7 Å². The number of hydrogen-bond donors (Lipinski definition) is 3. The molecule has 1 aromatic carbocycles. The number of aromatic nitrogens is 1. The summed E-state index contributed by atoms with van der Waals surface area (Å²) in [5.74, 6) is 1.21. The van der Waals surface area contributed by atoms with Gasteiger partial charge in [0, 0.05) is 18.1 Å². The fourth-order valence-corrected chi connectivity index (χ4v) is 2.50. The van der Waals surface area contributed by atoms with E-state index in [1.165, 1.54) is 0 Å². The SMILES string of the molecule is CCC(CC)C(O)CNc1nccc2ccc(O)cc12. The van der Waals surface area contributed by atoms with Gasteiger partial charge in [0.25, 0.3) is 0 Å². The van der Waals surface area contributed by atoms with E-state index < -0.39 is 0 Å². The molecule has 108 valence electrons. The van der Waals surface area contributed by atoms with Crippen LogP contribution in [0, 0.1) is 5.92 Å². The molecule has 0 aliphatic heterocycles. The summed E-state index contributed by atoms with van der Waals surface area (Å²) in [5, 5.41) is 24.8. The van der Waals surface area contributed by atoms with Gasteiger partial charge >= 0.3 is 0 Å². The van der Waals surface area contributed by atoms with E-state index in [9.17, 15) is 10.2 Å². The Morgan fingerprint density at radius 3 is 2.65 bits per heavy atom. The minimum Gasteiger partial charge on any atom is -0.508 e. The quantitative estimate of drug-likeness (QED) is 0.757. The van der Waals surface area contributed by atoms with E-state index in [0.29, 0.717) is 18.3 Å². The molecule has 0 radical (unpaired) electrons. The van der Waals surface area contributed by atoms with Gasteiger partial charge in [0.15, 0.2) is 0 Å². The summed E-state index contributed by atoms with van der Waals surface area (Å²) in [6.45, 7) is 4.64. The lowest BCUT2D eigenvalue weighted by Crippen LogP contribution is -2.28. The van der Waals surface area contributed by atoms with Gasteiger partial charge in [-0.2, -0.15) is 0 Å². The van der Waals surface area contributed by atoms with Gasteiger partial charge < -0.3 is 15.5 Å². The zero-order valence-corrected chi connectivity index (χ0v) is 12.0. The fraction of sp³-hybridized carbons (Fsp3) is 0.438. The van der Waals surface area contributed by atoms with Crippen molar-refractivity contribution >= 4 is 16.6 Å². The van der Waals surface area contributed by atoms with Gasteiger partial charge in [-0.05, 0) is 29.5 Å². The van der Waals surface area contributed by atoms with Crippen LogP contribution >= 0.6 is 0 Å².